The molecule has 0 unspecified atom stereocenters. The van der Waals surface area contributed by atoms with Gasteiger partial charge in [-0.2, -0.15) is 9.61 Å². The molecule has 118 valence electrons. The number of aromatic nitrogens is 4. The van der Waals surface area contributed by atoms with Gasteiger partial charge in [0.25, 0.3) is 0 Å². The summed E-state index contributed by atoms with van der Waals surface area (Å²) < 4.78 is 1.95. The molecule has 0 radical (unpaired) electrons. The maximum absolute atomic E-state index is 4.60. The average Bonchev–Trinajstić information content (AvgIpc) is 2.99. The number of likely N-dealkylation sites (tertiary alicyclic amines) is 1. The molecule has 0 aromatic carbocycles. The van der Waals surface area contributed by atoms with E-state index in [1.54, 1.807) is 0 Å². The Kier molecular flexibility index (Phi) is 3.82. The summed E-state index contributed by atoms with van der Waals surface area (Å²) in [7, 11) is 0. The Bertz CT molecular complexity index is 636. The molecule has 1 saturated heterocycles. The van der Waals surface area contributed by atoms with Crippen LogP contribution in [0.15, 0.2) is 12.1 Å². The van der Waals surface area contributed by atoms with Crippen LogP contribution >= 0.6 is 0 Å². The second-order valence-electron chi connectivity index (χ2n) is 6.90. The zero-order valence-electron chi connectivity index (χ0n) is 13.4. The first kappa shape index (κ1) is 14.1. The molecule has 2 aromatic rings. The molecule has 0 amide bonds. The van der Waals surface area contributed by atoms with E-state index in [1.165, 1.54) is 58.0 Å². The van der Waals surface area contributed by atoms with Crippen molar-refractivity contribution in [2.75, 3.05) is 13.1 Å². The van der Waals surface area contributed by atoms with E-state index in [0.29, 0.717) is 5.92 Å². The fraction of sp³-hybridized carbons (Fsp3) is 0.706. The van der Waals surface area contributed by atoms with Gasteiger partial charge in [0, 0.05) is 12.0 Å². The third kappa shape index (κ3) is 2.62. The molecule has 3 heterocycles. The summed E-state index contributed by atoms with van der Waals surface area (Å²) in [5.74, 6) is 1.56. The van der Waals surface area contributed by atoms with Crippen LogP contribution in [0, 0.1) is 6.92 Å². The van der Waals surface area contributed by atoms with Crippen molar-refractivity contribution in [3.05, 3.63) is 23.7 Å². The minimum Gasteiger partial charge on any atom is -0.300 e. The molecule has 0 atom stereocenters. The maximum Gasteiger partial charge on any atom is 0.177 e. The van der Waals surface area contributed by atoms with Crippen LogP contribution in [0.1, 0.15) is 62.4 Å². The van der Waals surface area contributed by atoms with Crippen LogP contribution in [0.25, 0.3) is 5.65 Å². The number of hydrogen-bond acceptors (Lipinski definition) is 4. The van der Waals surface area contributed by atoms with Gasteiger partial charge in [-0.25, -0.2) is 0 Å². The van der Waals surface area contributed by atoms with Crippen molar-refractivity contribution in [3.63, 3.8) is 0 Å². The molecule has 0 spiro atoms. The third-order valence-electron chi connectivity index (χ3n) is 5.41. The molecule has 0 bridgehead atoms. The van der Waals surface area contributed by atoms with Gasteiger partial charge in [-0.15, -0.1) is 10.2 Å². The highest BCUT2D eigenvalue weighted by molar-refractivity contribution is 5.36. The monoisotopic (exact) mass is 299 g/mol. The van der Waals surface area contributed by atoms with Gasteiger partial charge in [0.15, 0.2) is 11.5 Å². The number of fused-ring (bicyclic) bond motifs is 1. The van der Waals surface area contributed by atoms with E-state index in [2.05, 4.69) is 20.2 Å². The summed E-state index contributed by atoms with van der Waals surface area (Å²) in [4.78, 5) is 2.72. The molecular weight excluding hydrogens is 274 g/mol. The van der Waals surface area contributed by atoms with Crippen molar-refractivity contribution in [2.45, 2.75) is 63.8 Å². The van der Waals surface area contributed by atoms with Crippen LogP contribution in [-0.4, -0.2) is 43.8 Å². The van der Waals surface area contributed by atoms with Gasteiger partial charge >= 0.3 is 0 Å². The third-order valence-corrected chi connectivity index (χ3v) is 5.41. The lowest BCUT2D eigenvalue weighted by molar-refractivity contribution is 0.120. The minimum atomic E-state index is 0.504. The highest BCUT2D eigenvalue weighted by atomic mass is 15.4. The Labute approximate surface area is 131 Å². The van der Waals surface area contributed by atoms with E-state index in [4.69, 9.17) is 0 Å². The van der Waals surface area contributed by atoms with Gasteiger partial charge in [-0.3, -0.25) is 0 Å². The lowest BCUT2D eigenvalue weighted by atomic mass is 9.90. The molecule has 5 heteroatoms. The van der Waals surface area contributed by atoms with E-state index in [0.717, 1.165) is 23.2 Å². The number of aryl methyl sites for hydroxylation is 1. The summed E-state index contributed by atoms with van der Waals surface area (Å²) >= 11 is 0. The molecule has 1 aliphatic carbocycles. The fourth-order valence-electron chi connectivity index (χ4n) is 4.12. The topological polar surface area (TPSA) is 46.3 Å². The smallest absolute Gasteiger partial charge is 0.177 e. The summed E-state index contributed by atoms with van der Waals surface area (Å²) in [6, 6.07) is 4.85. The molecule has 22 heavy (non-hydrogen) atoms. The average molecular weight is 299 g/mol. The van der Waals surface area contributed by atoms with Gasteiger partial charge in [0.1, 0.15) is 0 Å². The van der Waals surface area contributed by atoms with Gasteiger partial charge in [-0.05, 0) is 57.8 Å². The minimum absolute atomic E-state index is 0.504. The van der Waals surface area contributed by atoms with Crippen molar-refractivity contribution in [1.82, 2.24) is 24.7 Å². The Morgan fingerprint density at radius 1 is 0.955 bits per heavy atom. The Hall–Kier alpha value is -1.49. The van der Waals surface area contributed by atoms with E-state index < -0.39 is 0 Å². The summed E-state index contributed by atoms with van der Waals surface area (Å²) in [5.41, 5.74) is 1.89. The molecule has 2 aromatic heterocycles. The highest BCUT2D eigenvalue weighted by Crippen LogP contribution is 2.31. The van der Waals surface area contributed by atoms with E-state index >= 15 is 0 Å². The maximum atomic E-state index is 4.60. The Morgan fingerprint density at radius 3 is 2.50 bits per heavy atom. The number of rotatable bonds is 2. The van der Waals surface area contributed by atoms with Gasteiger partial charge in [0.2, 0.25) is 0 Å². The van der Waals surface area contributed by atoms with Crippen molar-refractivity contribution >= 4 is 5.65 Å². The Balaban J connectivity index is 1.47. The van der Waals surface area contributed by atoms with Crippen LogP contribution in [0.4, 0.5) is 0 Å². The highest BCUT2D eigenvalue weighted by Gasteiger charge is 2.29. The molecule has 0 N–H and O–H groups in total. The van der Waals surface area contributed by atoms with E-state index in [9.17, 15) is 0 Å². The van der Waals surface area contributed by atoms with Crippen LogP contribution in [0.3, 0.4) is 0 Å². The van der Waals surface area contributed by atoms with Crippen LogP contribution < -0.4 is 0 Å². The van der Waals surface area contributed by atoms with Crippen molar-refractivity contribution < 1.29 is 0 Å². The molecule has 1 aliphatic heterocycles. The predicted octanol–water partition coefficient (Wildman–Crippen LogP) is 2.94. The SMILES string of the molecule is Cc1ccc2nnc(C3CCN(C4CCCCC4)CC3)n2n1. The molecule has 4 rings (SSSR count). The fourth-order valence-corrected chi connectivity index (χ4v) is 4.12. The van der Waals surface area contributed by atoms with Gasteiger partial charge < -0.3 is 4.90 Å². The van der Waals surface area contributed by atoms with E-state index in [1.807, 2.05) is 23.6 Å². The first-order chi connectivity index (χ1) is 10.8. The molecule has 1 saturated carbocycles. The van der Waals surface area contributed by atoms with Crippen LogP contribution in [0.2, 0.25) is 0 Å². The predicted molar refractivity (Wildman–Crippen MR) is 85.9 cm³/mol. The zero-order chi connectivity index (χ0) is 14.9. The zero-order valence-corrected chi connectivity index (χ0v) is 13.4. The van der Waals surface area contributed by atoms with Crippen LogP contribution in [-0.2, 0) is 0 Å². The van der Waals surface area contributed by atoms with Crippen molar-refractivity contribution in [3.8, 4) is 0 Å². The lowest BCUT2D eigenvalue weighted by Crippen LogP contribution is -2.42. The summed E-state index contributed by atoms with van der Waals surface area (Å²) in [6.45, 7) is 4.43. The number of piperidine rings is 1. The van der Waals surface area contributed by atoms with Crippen molar-refractivity contribution in [1.29, 1.82) is 0 Å². The number of nitrogens with zero attached hydrogens (tertiary/aromatic N) is 5. The largest absolute Gasteiger partial charge is 0.300 e. The second kappa shape index (κ2) is 5.95. The number of hydrogen-bond donors (Lipinski definition) is 0. The summed E-state index contributed by atoms with van der Waals surface area (Å²) in [5, 5.41) is 13.3. The first-order valence-corrected chi connectivity index (χ1v) is 8.74. The normalized spacial score (nSPS) is 22.4. The van der Waals surface area contributed by atoms with Gasteiger partial charge in [0.05, 0.1) is 5.69 Å². The molecule has 2 fully saturated rings. The van der Waals surface area contributed by atoms with Gasteiger partial charge in [-0.1, -0.05) is 19.3 Å². The van der Waals surface area contributed by atoms with E-state index in [-0.39, 0.29) is 0 Å². The Morgan fingerprint density at radius 2 is 1.73 bits per heavy atom. The first-order valence-electron chi connectivity index (χ1n) is 8.74. The molecule has 2 aliphatic rings. The van der Waals surface area contributed by atoms with Crippen LogP contribution in [0.5, 0.6) is 0 Å². The second-order valence-corrected chi connectivity index (χ2v) is 6.90. The lowest BCUT2D eigenvalue weighted by Gasteiger charge is -2.38. The standard InChI is InChI=1S/C17H25N5/c1-13-7-8-16-18-19-17(22(16)20-13)14-9-11-21(12-10-14)15-5-3-2-4-6-15/h7-8,14-15H,2-6,9-12H2,1H3. The summed E-state index contributed by atoms with van der Waals surface area (Å²) in [6.07, 6.45) is 9.45. The quantitative estimate of drug-likeness (QED) is 0.855. The van der Waals surface area contributed by atoms with Crippen molar-refractivity contribution in [2.24, 2.45) is 0 Å². The molecular formula is C17H25N5. The molecule has 5 nitrogen and oxygen atoms in total.